The first-order valence-corrected chi connectivity index (χ1v) is 11.7. The number of hydrogen-bond donors (Lipinski definition) is 3. The second-order valence-corrected chi connectivity index (χ2v) is 9.11. The van der Waals surface area contributed by atoms with Gasteiger partial charge in [-0.15, -0.1) is 0 Å². The van der Waals surface area contributed by atoms with Crippen molar-refractivity contribution >= 4 is 23.7 Å². The number of anilines is 1. The van der Waals surface area contributed by atoms with Gasteiger partial charge in [0.05, 0.1) is 6.42 Å². The van der Waals surface area contributed by atoms with E-state index in [1.807, 2.05) is 24.3 Å². The van der Waals surface area contributed by atoms with Crippen LogP contribution in [0.1, 0.15) is 41.9 Å². The Morgan fingerprint density at radius 3 is 2.03 bits per heavy atom. The summed E-state index contributed by atoms with van der Waals surface area (Å²) in [5, 5.41) is 14.7. The summed E-state index contributed by atoms with van der Waals surface area (Å²) in [6, 6.07) is 23.2. The third kappa shape index (κ3) is 4.49. The third-order valence-electron chi connectivity index (χ3n) is 6.90. The van der Waals surface area contributed by atoms with E-state index in [0.717, 1.165) is 23.1 Å². The number of carbonyl (C=O) groups is 3. The molecule has 0 aliphatic heterocycles. The largest absolute Gasteiger partial charge is 0.480 e. The second-order valence-electron chi connectivity index (χ2n) is 9.11. The molecule has 7 nitrogen and oxygen atoms in total. The number of carbonyl (C=O) groups excluding carboxylic acids is 2. The maximum atomic E-state index is 12.5. The first-order chi connectivity index (χ1) is 16.9. The van der Waals surface area contributed by atoms with Gasteiger partial charge in [0, 0.05) is 11.6 Å². The lowest BCUT2D eigenvalue weighted by molar-refractivity contribution is -0.151. The monoisotopic (exact) mass is 470 g/mol. The molecule has 0 radical (unpaired) electrons. The van der Waals surface area contributed by atoms with Crippen molar-refractivity contribution in [1.29, 1.82) is 0 Å². The van der Waals surface area contributed by atoms with Crippen molar-refractivity contribution in [1.82, 2.24) is 5.32 Å². The SMILES string of the molecule is O=C(Cc1ccc(NC(=O)OCC2c3ccccc3-c3ccccc32)cc1)NC1(C(=O)O)CCC1. The van der Waals surface area contributed by atoms with E-state index in [0.29, 0.717) is 18.5 Å². The van der Waals surface area contributed by atoms with Crippen molar-refractivity contribution in [3.63, 3.8) is 0 Å². The van der Waals surface area contributed by atoms with Crippen molar-refractivity contribution in [3.8, 4) is 11.1 Å². The van der Waals surface area contributed by atoms with Crippen LogP contribution in [0, 0.1) is 0 Å². The highest BCUT2D eigenvalue weighted by atomic mass is 16.5. The standard InChI is InChI=1S/C28H26N2O5/c31-25(30-28(26(32)33)14-5-15-28)16-18-10-12-19(13-11-18)29-27(34)35-17-24-22-8-3-1-6-20(22)21-7-2-4-9-23(21)24/h1-4,6-13,24H,5,14-17H2,(H,29,34)(H,30,31)(H,32,33). The lowest BCUT2D eigenvalue weighted by atomic mass is 9.76. The first-order valence-electron chi connectivity index (χ1n) is 11.7. The fourth-order valence-electron chi connectivity index (χ4n) is 4.88. The molecular weight excluding hydrogens is 444 g/mol. The predicted molar refractivity (Wildman–Crippen MR) is 131 cm³/mol. The minimum absolute atomic E-state index is 0.0150. The number of hydrogen-bond acceptors (Lipinski definition) is 4. The van der Waals surface area contributed by atoms with Gasteiger partial charge in [-0.25, -0.2) is 9.59 Å². The fourth-order valence-corrected chi connectivity index (χ4v) is 4.88. The summed E-state index contributed by atoms with van der Waals surface area (Å²) in [4.78, 5) is 36.2. The molecule has 0 aromatic heterocycles. The van der Waals surface area contributed by atoms with Crippen molar-refractivity contribution in [2.75, 3.05) is 11.9 Å². The van der Waals surface area contributed by atoms with Crippen molar-refractivity contribution in [2.24, 2.45) is 0 Å². The highest BCUT2D eigenvalue weighted by Gasteiger charge is 2.45. The van der Waals surface area contributed by atoms with E-state index in [1.54, 1.807) is 24.3 Å². The van der Waals surface area contributed by atoms with Gasteiger partial charge >= 0.3 is 12.1 Å². The van der Waals surface area contributed by atoms with E-state index < -0.39 is 17.6 Å². The van der Waals surface area contributed by atoms with Crippen molar-refractivity contribution in [3.05, 3.63) is 89.5 Å². The molecule has 0 saturated heterocycles. The Hall–Kier alpha value is -4.13. The predicted octanol–water partition coefficient (Wildman–Crippen LogP) is 4.71. The smallest absolute Gasteiger partial charge is 0.411 e. The van der Waals surface area contributed by atoms with Crippen molar-refractivity contribution in [2.45, 2.75) is 37.1 Å². The molecule has 0 heterocycles. The topological polar surface area (TPSA) is 105 Å². The molecule has 35 heavy (non-hydrogen) atoms. The normalized spacial score (nSPS) is 15.3. The summed E-state index contributed by atoms with van der Waals surface area (Å²) in [6.07, 6.45) is 1.22. The summed E-state index contributed by atoms with van der Waals surface area (Å²) in [5.41, 5.74) is 4.79. The number of benzene rings is 3. The van der Waals surface area contributed by atoms with Crippen LogP contribution in [-0.4, -0.2) is 35.2 Å². The van der Waals surface area contributed by atoms with E-state index >= 15 is 0 Å². The van der Waals surface area contributed by atoms with Gasteiger partial charge < -0.3 is 15.2 Å². The zero-order valence-corrected chi connectivity index (χ0v) is 19.1. The Balaban J connectivity index is 1.16. The molecule has 0 unspecified atom stereocenters. The molecule has 3 aromatic carbocycles. The van der Waals surface area contributed by atoms with E-state index in [4.69, 9.17) is 4.74 Å². The summed E-state index contributed by atoms with van der Waals surface area (Å²) < 4.78 is 5.56. The maximum Gasteiger partial charge on any atom is 0.411 e. The highest BCUT2D eigenvalue weighted by Crippen LogP contribution is 2.44. The number of fused-ring (bicyclic) bond motifs is 3. The Morgan fingerprint density at radius 2 is 1.49 bits per heavy atom. The summed E-state index contributed by atoms with van der Waals surface area (Å²) >= 11 is 0. The van der Waals surface area contributed by atoms with E-state index in [9.17, 15) is 19.5 Å². The molecule has 0 bridgehead atoms. The lowest BCUT2D eigenvalue weighted by Crippen LogP contribution is -2.59. The van der Waals surface area contributed by atoms with Crippen LogP contribution in [0.15, 0.2) is 72.8 Å². The van der Waals surface area contributed by atoms with Gasteiger partial charge in [0.25, 0.3) is 0 Å². The first kappa shape index (κ1) is 22.7. The van der Waals surface area contributed by atoms with Crippen LogP contribution in [0.3, 0.4) is 0 Å². The molecule has 7 heteroatoms. The number of aliphatic carboxylic acids is 1. The minimum Gasteiger partial charge on any atom is -0.480 e. The summed E-state index contributed by atoms with van der Waals surface area (Å²) in [7, 11) is 0. The van der Waals surface area contributed by atoms with Crippen LogP contribution in [0.4, 0.5) is 10.5 Å². The quantitative estimate of drug-likeness (QED) is 0.464. The molecule has 1 fully saturated rings. The van der Waals surface area contributed by atoms with Crippen LogP contribution in [-0.2, 0) is 20.7 Å². The van der Waals surface area contributed by atoms with Gasteiger partial charge in [-0.05, 0) is 59.2 Å². The molecule has 3 N–H and O–H groups in total. The molecular formula is C28H26N2O5. The van der Waals surface area contributed by atoms with Gasteiger partial charge in [-0.3, -0.25) is 10.1 Å². The van der Waals surface area contributed by atoms with Gasteiger partial charge in [-0.2, -0.15) is 0 Å². The number of ether oxygens (including phenoxy) is 1. The molecule has 2 aliphatic rings. The van der Waals surface area contributed by atoms with E-state index in [-0.39, 0.29) is 24.9 Å². The Labute approximate surface area is 203 Å². The summed E-state index contributed by atoms with van der Waals surface area (Å²) in [6.45, 7) is 0.226. The number of amides is 2. The van der Waals surface area contributed by atoms with Gasteiger partial charge in [0.1, 0.15) is 12.1 Å². The number of rotatable bonds is 7. The number of carboxylic acids is 1. The molecule has 178 valence electrons. The Bertz CT molecular complexity index is 1240. The van der Waals surface area contributed by atoms with Crippen LogP contribution in [0.25, 0.3) is 11.1 Å². The highest BCUT2D eigenvalue weighted by molar-refractivity contribution is 5.89. The maximum absolute atomic E-state index is 12.5. The average Bonchev–Trinajstić information content (AvgIpc) is 3.15. The lowest BCUT2D eigenvalue weighted by Gasteiger charge is -2.38. The number of carboxylic acid groups (broad SMARTS) is 1. The average molecular weight is 471 g/mol. The van der Waals surface area contributed by atoms with Crippen LogP contribution in [0.2, 0.25) is 0 Å². The van der Waals surface area contributed by atoms with Gasteiger partial charge in [-0.1, -0.05) is 60.7 Å². The Kier molecular flexibility index (Phi) is 5.99. The molecule has 5 rings (SSSR count). The second kappa shape index (κ2) is 9.25. The summed E-state index contributed by atoms with van der Waals surface area (Å²) in [5.74, 6) is -1.33. The van der Waals surface area contributed by atoms with Gasteiger partial charge in [0.15, 0.2) is 0 Å². The Morgan fingerprint density at radius 1 is 0.886 bits per heavy atom. The van der Waals surface area contributed by atoms with Crippen LogP contribution in [0.5, 0.6) is 0 Å². The zero-order valence-electron chi connectivity index (χ0n) is 19.1. The molecule has 0 spiro atoms. The molecule has 2 aliphatic carbocycles. The molecule has 1 saturated carbocycles. The van der Waals surface area contributed by atoms with Crippen LogP contribution < -0.4 is 10.6 Å². The van der Waals surface area contributed by atoms with E-state index in [2.05, 4.69) is 34.9 Å². The number of nitrogens with one attached hydrogen (secondary N) is 2. The fraction of sp³-hybridized carbons (Fsp3) is 0.250. The third-order valence-corrected chi connectivity index (χ3v) is 6.90. The van der Waals surface area contributed by atoms with Gasteiger partial charge in [0.2, 0.25) is 5.91 Å². The zero-order chi connectivity index (χ0) is 24.4. The molecule has 0 atom stereocenters. The van der Waals surface area contributed by atoms with Crippen LogP contribution >= 0.6 is 0 Å². The molecule has 2 amide bonds. The minimum atomic E-state index is -1.12. The van der Waals surface area contributed by atoms with E-state index in [1.165, 1.54) is 11.1 Å². The van der Waals surface area contributed by atoms with Crippen molar-refractivity contribution < 1.29 is 24.2 Å². The molecule has 3 aromatic rings.